The summed E-state index contributed by atoms with van der Waals surface area (Å²) in [5.41, 5.74) is 1.49. The van der Waals surface area contributed by atoms with Gasteiger partial charge in [-0.1, -0.05) is 17.7 Å². The molecule has 0 saturated carbocycles. The maximum Gasteiger partial charge on any atom is 0.149 e. The van der Waals surface area contributed by atoms with E-state index in [-0.39, 0.29) is 10.6 Å². The van der Waals surface area contributed by atoms with Gasteiger partial charge in [0, 0.05) is 21.9 Å². The summed E-state index contributed by atoms with van der Waals surface area (Å²) in [6.45, 7) is 1.81. The largest absolute Gasteiger partial charge is 0.384 e. The van der Waals surface area contributed by atoms with Crippen LogP contribution in [0, 0.1) is 12.7 Å². The maximum absolute atomic E-state index is 14.0. The Morgan fingerprint density at radius 2 is 2.11 bits per heavy atom. The molecule has 0 aliphatic rings. The molecule has 2 rings (SSSR count). The van der Waals surface area contributed by atoms with Gasteiger partial charge in [-0.05, 0) is 46.6 Å². The molecule has 1 atom stereocenters. The zero-order chi connectivity index (χ0) is 13.3. The highest BCUT2D eigenvalue weighted by Gasteiger charge is 2.18. The van der Waals surface area contributed by atoms with Gasteiger partial charge in [0.25, 0.3) is 0 Å². The molecule has 0 amide bonds. The summed E-state index contributed by atoms with van der Waals surface area (Å²) >= 11 is 8.93. The van der Waals surface area contributed by atoms with Crippen molar-refractivity contribution in [3.05, 3.63) is 62.6 Å². The summed E-state index contributed by atoms with van der Waals surface area (Å²) in [6.07, 6.45) is 0.518. The van der Waals surface area contributed by atoms with E-state index in [2.05, 4.69) is 20.9 Å². The zero-order valence-electron chi connectivity index (χ0n) is 9.49. The molecular weight excluding hydrogens is 321 g/mol. The summed E-state index contributed by atoms with van der Waals surface area (Å²) in [5, 5.41) is 10.1. The maximum atomic E-state index is 14.0. The fourth-order valence-electron chi connectivity index (χ4n) is 1.67. The van der Waals surface area contributed by atoms with Crippen LogP contribution >= 0.6 is 27.5 Å². The third-order valence-electron chi connectivity index (χ3n) is 2.60. The Bertz CT molecular complexity index is 591. The van der Waals surface area contributed by atoms with Gasteiger partial charge in [0.2, 0.25) is 0 Å². The van der Waals surface area contributed by atoms with Gasteiger partial charge in [-0.3, -0.25) is 4.98 Å². The lowest BCUT2D eigenvalue weighted by Gasteiger charge is -2.14. The topological polar surface area (TPSA) is 33.1 Å². The number of hydrogen-bond acceptors (Lipinski definition) is 2. The molecule has 1 unspecified atom stereocenters. The summed E-state index contributed by atoms with van der Waals surface area (Å²) < 4.78 is 14.4. The average molecular weight is 331 g/mol. The third kappa shape index (κ3) is 2.55. The Labute approximate surface area is 118 Å². The van der Waals surface area contributed by atoms with E-state index < -0.39 is 11.9 Å². The van der Waals surface area contributed by atoms with E-state index in [1.165, 1.54) is 6.07 Å². The van der Waals surface area contributed by atoms with Gasteiger partial charge >= 0.3 is 0 Å². The van der Waals surface area contributed by atoms with Gasteiger partial charge in [0.1, 0.15) is 11.9 Å². The Kier molecular flexibility index (Phi) is 4.00. The van der Waals surface area contributed by atoms with Crippen molar-refractivity contribution in [1.82, 2.24) is 4.98 Å². The molecule has 0 spiro atoms. The second-order valence-electron chi connectivity index (χ2n) is 3.90. The molecule has 0 saturated heterocycles. The summed E-state index contributed by atoms with van der Waals surface area (Å²) in [5.74, 6) is -0.618. The molecule has 2 nitrogen and oxygen atoms in total. The van der Waals surface area contributed by atoms with Crippen molar-refractivity contribution in [2.45, 2.75) is 13.0 Å². The van der Waals surface area contributed by atoms with Gasteiger partial charge < -0.3 is 5.11 Å². The Balaban J connectivity index is 2.46. The number of hydrogen-bond donors (Lipinski definition) is 1. The molecule has 5 heteroatoms. The summed E-state index contributed by atoms with van der Waals surface area (Å²) in [6, 6.07) is 6.47. The molecule has 1 N–H and O–H groups in total. The van der Waals surface area contributed by atoms with Crippen LogP contribution in [-0.2, 0) is 0 Å². The van der Waals surface area contributed by atoms with Crippen molar-refractivity contribution in [1.29, 1.82) is 0 Å². The van der Waals surface area contributed by atoms with E-state index in [0.717, 1.165) is 5.69 Å². The van der Waals surface area contributed by atoms with E-state index in [9.17, 15) is 9.50 Å². The van der Waals surface area contributed by atoms with Crippen LogP contribution in [-0.4, -0.2) is 10.1 Å². The van der Waals surface area contributed by atoms with Crippen LogP contribution in [0.5, 0.6) is 0 Å². The first-order valence-corrected chi connectivity index (χ1v) is 6.42. The number of halogens is 3. The van der Waals surface area contributed by atoms with Crippen molar-refractivity contribution in [2.75, 3.05) is 0 Å². The lowest BCUT2D eigenvalue weighted by molar-refractivity contribution is 0.214. The van der Waals surface area contributed by atoms with Crippen molar-refractivity contribution >= 4 is 27.5 Å². The van der Waals surface area contributed by atoms with Gasteiger partial charge in [-0.15, -0.1) is 0 Å². The van der Waals surface area contributed by atoms with E-state index in [1.807, 2.05) is 0 Å². The van der Waals surface area contributed by atoms with Gasteiger partial charge in [0.15, 0.2) is 0 Å². The number of aromatic nitrogens is 1. The molecule has 0 aliphatic carbocycles. The minimum absolute atomic E-state index is 0.0303. The minimum Gasteiger partial charge on any atom is -0.384 e. The quantitative estimate of drug-likeness (QED) is 0.844. The molecule has 1 aromatic heterocycles. The number of benzene rings is 1. The number of aliphatic hydroxyl groups is 1. The van der Waals surface area contributed by atoms with Gasteiger partial charge in [0.05, 0.1) is 5.02 Å². The predicted octanol–water partition coefficient (Wildman–Crippen LogP) is 4.03. The Hall–Kier alpha value is -0.970. The fraction of sp³-hybridized carbons (Fsp3) is 0.154. The molecular formula is C13H10BrClFNO. The van der Waals surface area contributed by atoms with Gasteiger partial charge in [-0.25, -0.2) is 4.39 Å². The fourth-order valence-corrected chi connectivity index (χ4v) is 2.15. The first-order chi connectivity index (χ1) is 8.50. The average Bonchev–Trinajstić information content (AvgIpc) is 2.35. The molecule has 1 aromatic carbocycles. The number of rotatable bonds is 2. The van der Waals surface area contributed by atoms with Crippen LogP contribution in [0.4, 0.5) is 4.39 Å². The van der Waals surface area contributed by atoms with Gasteiger partial charge in [-0.2, -0.15) is 0 Å². The smallest absolute Gasteiger partial charge is 0.149 e. The van der Waals surface area contributed by atoms with E-state index >= 15 is 0 Å². The third-order valence-corrected chi connectivity index (χ3v) is 3.85. The highest BCUT2D eigenvalue weighted by molar-refractivity contribution is 9.10. The SMILES string of the molecule is Cc1cc(C(O)c2ccc(Br)c(Cl)c2F)ccn1. The van der Waals surface area contributed by atoms with E-state index in [0.29, 0.717) is 10.0 Å². The number of aryl methyl sites for hydroxylation is 1. The first kappa shape index (κ1) is 13.5. The highest BCUT2D eigenvalue weighted by Crippen LogP contribution is 2.32. The van der Waals surface area contributed by atoms with Crippen LogP contribution in [0.2, 0.25) is 5.02 Å². The monoisotopic (exact) mass is 329 g/mol. The van der Waals surface area contributed by atoms with Crippen molar-refractivity contribution in [2.24, 2.45) is 0 Å². The zero-order valence-corrected chi connectivity index (χ0v) is 11.8. The first-order valence-electron chi connectivity index (χ1n) is 5.24. The van der Waals surface area contributed by atoms with Crippen LogP contribution in [0.1, 0.15) is 22.9 Å². The van der Waals surface area contributed by atoms with Crippen LogP contribution in [0.3, 0.4) is 0 Å². The van der Waals surface area contributed by atoms with Crippen LogP contribution < -0.4 is 0 Å². The molecule has 94 valence electrons. The van der Waals surface area contributed by atoms with E-state index in [4.69, 9.17) is 11.6 Å². The van der Waals surface area contributed by atoms with E-state index in [1.54, 1.807) is 31.3 Å². The molecule has 0 aliphatic heterocycles. The van der Waals surface area contributed by atoms with Crippen LogP contribution in [0.15, 0.2) is 34.9 Å². The molecule has 0 bridgehead atoms. The Morgan fingerprint density at radius 3 is 2.78 bits per heavy atom. The normalized spacial score (nSPS) is 12.5. The number of pyridine rings is 1. The number of nitrogens with zero attached hydrogens (tertiary/aromatic N) is 1. The molecule has 0 fully saturated rings. The molecule has 0 radical (unpaired) electrons. The summed E-state index contributed by atoms with van der Waals surface area (Å²) in [7, 11) is 0. The molecule has 18 heavy (non-hydrogen) atoms. The van der Waals surface area contributed by atoms with Crippen molar-refractivity contribution in [3.8, 4) is 0 Å². The minimum atomic E-state index is -1.06. The molecule has 1 heterocycles. The van der Waals surface area contributed by atoms with Crippen molar-refractivity contribution in [3.63, 3.8) is 0 Å². The van der Waals surface area contributed by atoms with Crippen LogP contribution in [0.25, 0.3) is 0 Å². The highest BCUT2D eigenvalue weighted by atomic mass is 79.9. The summed E-state index contributed by atoms with van der Waals surface area (Å²) in [4.78, 5) is 4.03. The van der Waals surface area contributed by atoms with Crippen molar-refractivity contribution < 1.29 is 9.50 Å². The molecule has 2 aromatic rings. The second kappa shape index (κ2) is 5.34. The standard InChI is InChI=1S/C13H10BrClFNO/c1-7-6-8(4-5-17-7)13(18)9-2-3-10(14)11(15)12(9)16/h2-6,13,18H,1H3. The lowest BCUT2D eigenvalue weighted by atomic mass is 10.0. The number of aliphatic hydroxyl groups excluding tert-OH is 1. The lowest BCUT2D eigenvalue weighted by Crippen LogP contribution is -2.04. The second-order valence-corrected chi connectivity index (χ2v) is 5.13. The Morgan fingerprint density at radius 1 is 1.39 bits per heavy atom. The predicted molar refractivity (Wildman–Crippen MR) is 72.1 cm³/mol.